The average molecular weight is 513 g/mol. The van der Waals surface area contributed by atoms with Crippen molar-refractivity contribution in [2.24, 2.45) is 0 Å². The van der Waals surface area contributed by atoms with E-state index in [1.165, 1.54) is 18.6 Å². The molecule has 6 rings (SSSR count). The number of nitrogens with one attached hydrogen (secondary N) is 3. The fourth-order valence-electron chi connectivity index (χ4n) is 4.21. The van der Waals surface area contributed by atoms with Crippen molar-refractivity contribution in [1.82, 2.24) is 35.1 Å². The van der Waals surface area contributed by atoms with Crippen molar-refractivity contribution < 1.29 is 9.18 Å². The summed E-state index contributed by atoms with van der Waals surface area (Å²) in [5, 5.41) is 12.3. The van der Waals surface area contributed by atoms with E-state index in [0.29, 0.717) is 40.4 Å². The molecule has 0 saturated heterocycles. The van der Waals surface area contributed by atoms with Crippen LogP contribution in [0.1, 0.15) is 26.2 Å². The second kappa shape index (κ2) is 9.51. The highest BCUT2D eigenvalue weighted by Gasteiger charge is 2.22. The summed E-state index contributed by atoms with van der Waals surface area (Å²) >= 11 is 1.61. The third kappa shape index (κ3) is 4.23. The van der Waals surface area contributed by atoms with Crippen LogP contribution in [-0.4, -0.2) is 41.0 Å². The van der Waals surface area contributed by atoms with E-state index >= 15 is 4.39 Å². The maximum absolute atomic E-state index is 16.0. The summed E-state index contributed by atoms with van der Waals surface area (Å²) in [6, 6.07) is 7.58. The number of halogens is 1. The zero-order valence-corrected chi connectivity index (χ0v) is 20.6. The molecule has 6 aromatic heterocycles. The number of hydrogen-bond acceptors (Lipinski definition) is 7. The number of carbonyl (C=O) groups excluding carboxylic acids is 1. The summed E-state index contributed by atoms with van der Waals surface area (Å²) in [4.78, 5) is 34.0. The van der Waals surface area contributed by atoms with Gasteiger partial charge < -0.3 is 10.3 Å². The van der Waals surface area contributed by atoms with Crippen LogP contribution in [0.25, 0.3) is 55.3 Å². The lowest BCUT2D eigenvalue weighted by molar-refractivity contribution is -0.116. The van der Waals surface area contributed by atoms with Crippen LogP contribution in [0.2, 0.25) is 0 Å². The highest BCUT2D eigenvalue weighted by atomic mass is 32.1. The van der Waals surface area contributed by atoms with Crippen molar-refractivity contribution in [2.45, 2.75) is 26.2 Å². The van der Waals surface area contributed by atoms with Crippen LogP contribution in [0.3, 0.4) is 0 Å². The number of unbranched alkanes of at least 4 members (excludes halogenated alkanes) is 1. The molecule has 0 saturated carbocycles. The Morgan fingerprint density at radius 1 is 1.16 bits per heavy atom. The van der Waals surface area contributed by atoms with Gasteiger partial charge in [-0.1, -0.05) is 19.4 Å². The van der Waals surface area contributed by atoms with Crippen molar-refractivity contribution in [2.75, 3.05) is 5.32 Å². The Morgan fingerprint density at radius 3 is 2.92 bits per heavy atom. The van der Waals surface area contributed by atoms with Crippen LogP contribution in [-0.2, 0) is 4.79 Å². The van der Waals surface area contributed by atoms with Crippen LogP contribution < -0.4 is 5.32 Å². The molecule has 9 nitrogen and oxygen atoms in total. The molecular formula is C26H21FN8OS. The molecule has 3 N–H and O–H groups in total. The van der Waals surface area contributed by atoms with Gasteiger partial charge >= 0.3 is 0 Å². The van der Waals surface area contributed by atoms with E-state index in [2.05, 4.69) is 40.4 Å². The fourth-order valence-corrected chi connectivity index (χ4v) is 4.96. The van der Waals surface area contributed by atoms with Crippen molar-refractivity contribution in [3.63, 3.8) is 0 Å². The summed E-state index contributed by atoms with van der Waals surface area (Å²) in [6.45, 7) is 2.02. The number of H-pyrrole nitrogens is 2. The standard InChI is InChI=1S/C26H21FN8OS/c1-2-3-6-19(36)31-15-10-14(11-28-12-15)22-21(27)20-17(13-30-22)34-35-24(20)26-32-23-16(18-5-4-9-37-18)7-8-29-25(23)33-26/h4-5,7-13H,2-3,6H2,1H3,(H,31,36)(H,34,35)(H,29,32,33). The van der Waals surface area contributed by atoms with E-state index in [1.807, 2.05) is 30.5 Å². The number of anilines is 1. The number of imidazole rings is 1. The van der Waals surface area contributed by atoms with E-state index in [-0.39, 0.29) is 17.0 Å². The van der Waals surface area contributed by atoms with Crippen LogP contribution in [0.4, 0.5) is 10.1 Å². The first-order chi connectivity index (χ1) is 18.1. The number of carbonyl (C=O) groups is 1. The number of aromatic amines is 2. The van der Waals surface area contributed by atoms with Crippen molar-refractivity contribution in [1.29, 1.82) is 0 Å². The summed E-state index contributed by atoms with van der Waals surface area (Å²) in [5.41, 5.74) is 4.00. The van der Waals surface area contributed by atoms with E-state index in [0.717, 1.165) is 28.8 Å². The van der Waals surface area contributed by atoms with Gasteiger partial charge in [0.15, 0.2) is 17.3 Å². The van der Waals surface area contributed by atoms with Gasteiger partial charge in [-0.05, 0) is 30.0 Å². The number of nitrogens with zero attached hydrogens (tertiary/aromatic N) is 5. The lowest BCUT2D eigenvalue weighted by Crippen LogP contribution is -2.11. The van der Waals surface area contributed by atoms with Gasteiger partial charge in [0.2, 0.25) is 5.91 Å². The van der Waals surface area contributed by atoms with Crippen LogP contribution in [0.15, 0.2) is 54.4 Å². The van der Waals surface area contributed by atoms with Crippen molar-refractivity contribution in [3.8, 4) is 33.2 Å². The van der Waals surface area contributed by atoms with Crippen LogP contribution >= 0.6 is 11.3 Å². The Bertz CT molecular complexity index is 1740. The maximum Gasteiger partial charge on any atom is 0.224 e. The van der Waals surface area contributed by atoms with Gasteiger partial charge in [0.05, 0.1) is 34.5 Å². The molecule has 0 spiro atoms. The number of hydrogen-bond donors (Lipinski definition) is 3. The summed E-state index contributed by atoms with van der Waals surface area (Å²) in [7, 11) is 0. The van der Waals surface area contributed by atoms with Gasteiger partial charge in [-0.3, -0.25) is 19.9 Å². The average Bonchev–Trinajstić information content (AvgIpc) is 3.67. The predicted molar refractivity (Wildman–Crippen MR) is 141 cm³/mol. The molecule has 184 valence electrons. The van der Waals surface area contributed by atoms with E-state index in [4.69, 9.17) is 0 Å². The largest absolute Gasteiger partial charge is 0.335 e. The Kier molecular flexibility index (Phi) is 5.89. The monoisotopic (exact) mass is 512 g/mol. The van der Waals surface area contributed by atoms with Crippen molar-refractivity contribution in [3.05, 3.63) is 60.3 Å². The smallest absolute Gasteiger partial charge is 0.224 e. The fraction of sp³-hybridized carbons (Fsp3) is 0.154. The number of rotatable bonds is 7. The second-order valence-electron chi connectivity index (χ2n) is 8.52. The molecule has 11 heteroatoms. The molecular weight excluding hydrogens is 491 g/mol. The quantitative estimate of drug-likeness (QED) is 0.243. The van der Waals surface area contributed by atoms with E-state index in [9.17, 15) is 4.79 Å². The first-order valence-corrected chi connectivity index (χ1v) is 12.7. The minimum Gasteiger partial charge on any atom is -0.335 e. The minimum atomic E-state index is -0.565. The molecule has 6 aromatic rings. The first kappa shape index (κ1) is 22.9. The second-order valence-corrected chi connectivity index (χ2v) is 9.46. The summed E-state index contributed by atoms with van der Waals surface area (Å²) in [6.07, 6.45) is 8.39. The zero-order valence-electron chi connectivity index (χ0n) is 19.7. The predicted octanol–water partition coefficient (Wildman–Crippen LogP) is 5.95. The van der Waals surface area contributed by atoms with Crippen molar-refractivity contribution >= 4 is 45.0 Å². The van der Waals surface area contributed by atoms with Gasteiger partial charge in [0.1, 0.15) is 11.4 Å². The summed E-state index contributed by atoms with van der Waals surface area (Å²) < 4.78 is 16.0. The third-order valence-electron chi connectivity index (χ3n) is 6.00. The van der Waals surface area contributed by atoms with Crippen LogP contribution in [0.5, 0.6) is 0 Å². The van der Waals surface area contributed by atoms with Crippen LogP contribution in [0, 0.1) is 5.82 Å². The Labute approximate surface area is 214 Å². The van der Waals surface area contributed by atoms with Gasteiger partial charge in [-0.25, -0.2) is 14.4 Å². The Morgan fingerprint density at radius 2 is 2.08 bits per heavy atom. The van der Waals surface area contributed by atoms with E-state index in [1.54, 1.807) is 23.6 Å². The molecule has 0 aliphatic heterocycles. The molecule has 0 unspecified atom stereocenters. The minimum absolute atomic E-state index is 0.0980. The number of fused-ring (bicyclic) bond motifs is 2. The first-order valence-electron chi connectivity index (χ1n) is 11.8. The number of thiophene rings is 1. The lowest BCUT2D eigenvalue weighted by Gasteiger charge is -2.08. The number of amides is 1. The topological polar surface area (TPSA) is 125 Å². The molecule has 0 radical (unpaired) electrons. The molecule has 0 bridgehead atoms. The van der Waals surface area contributed by atoms with Gasteiger partial charge in [0, 0.05) is 34.8 Å². The SMILES string of the molecule is CCCCC(=O)Nc1cncc(-c2ncc3[nH]nc(-c4nc5nccc(-c6cccs6)c5[nH]4)c3c2F)c1. The van der Waals surface area contributed by atoms with Gasteiger partial charge in [0.25, 0.3) is 0 Å². The number of aromatic nitrogens is 7. The van der Waals surface area contributed by atoms with Gasteiger partial charge in [-0.15, -0.1) is 11.3 Å². The molecule has 1 amide bonds. The summed E-state index contributed by atoms with van der Waals surface area (Å²) in [5.74, 6) is -0.282. The molecule has 0 aliphatic carbocycles. The Hall–Kier alpha value is -4.51. The molecule has 0 atom stereocenters. The highest BCUT2D eigenvalue weighted by Crippen LogP contribution is 2.35. The lowest BCUT2D eigenvalue weighted by atomic mass is 10.1. The molecule has 0 aromatic carbocycles. The maximum atomic E-state index is 16.0. The molecule has 6 heterocycles. The molecule has 0 aliphatic rings. The Balaban J connectivity index is 1.41. The molecule has 0 fully saturated rings. The molecule has 37 heavy (non-hydrogen) atoms. The van der Waals surface area contributed by atoms with E-state index < -0.39 is 5.82 Å². The number of pyridine rings is 3. The zero-order chi connectivity index (χ0) is 25.4. The van der Waals surface area contributed by atoms with Gasteiger partial charge in [-0.2, -0.15) is 5.10 Å². The third-order valence-corrected chi connectivity index (χ3v) is 6.90. The normalized spacial score (nSPS) is 11.4. The highest BCUT2D eigenvalue weighted by molar-refractivity contribution is 7.13.